The van der Waals surface area contributed by atoms with Gasteiger partial charge in [0.25, 0.3) is 0 Å². The standard InChI is InChI=1S/C10H13ClN2OS/c11-8-2-4-9(5-3-8)13-10(15)12-6-1-7-14/h2-5,14H,1,6-7H2,(H2,12,13,15). The van der Waals surface area contributed by atoms with Gasteiger partial charge in [0.05, 0.1) is 0 Å². The number of anilines is 1. The first kappa shape index (κ1) is 12.2. The van der Waals surface area contributed by atoms with E-state index in [1.54, 1.807) is 12.1 Å². The van der Waals surface area contributed by atoms with Crippen LogP contribution in [0.5, 0.6) is 0 Å². The van der Waals surface area contributed by atoms with Crippen molar-refractivity contribution in [2.24, 2.45) is 0 Å². The maximum atomic E-state index is 8.58. The van der Waals surface area contributed by atoms with Gasteiger partial charge in [0.2, 0.25) is 0 Å². The van der Waals surface area contributed by atoms with E-state index in [-0.39, 0.29) is 6.61 Å². The van der Waals surface area contributed by atoms with Crippen LogP contribution in [0.2, 0.25) is 5.02 Å². The first-order valence-corrected chi connectivity index (χ1v) is 5.42. The second kappa shape index (κ2) is 6.61. The molecule has 1 aromatic rings. The minimum absolute atomic E-state index is 0.163. The number of thiocarbonyl (C=S) groups is 1. The predicted octanol–water partition coefficient (Wildman–Crippen LogP) is 2.01. The Kier molecular flexibility index (Phi) is 5.39. The minimum Gasteiger partial charge on any atom is -0.396 e. The number of aliphatic hydroxyl groups is 1. The van der Waals surface area contributed by atoms with Gasteiger partial charge in [0, 0.05) is 23.9 Å². The Hall–Kier alpha value is -0.840. The van der Waals surface area contributed by atoms with E-state index < -0.39 is 0 Å². The highest BCUT2D eigenvalue weighted by Gasteiger charge is 1.96. The normalized spacial score (nSPS) is 9.73. The van der Waals surface area contributed by atoms with E-state index in [2.05, 4.69) is 10.6 Å². The molecule has 1 rings (SSSR count). The summed E-state index contributed by atoms with van der Waals surface area (Å²) in [5.74, 6) is 0. The lowest BCUT2D eigenvalue weighted by atomic mass is 10.3. The molecule has 0 amide bonds. The van der Waals surface area contributed by atoms with Crippen LogP contribution in [0, 0.1) is 0 Å². The van der Waals surface area contributed by atoms with Gasteiger partial charge in [-0.1, -0.05) is 11.6 Å². The molecule has 0 fully saturated rings. The first-order chi connectivity index (χ1) is 7.22. The summed E-state index contributed by atoms with van der Waals surface area (Å²) in [4.78, 5) is 0. The van der Waals surface area contributed by atoms with Crippen LogP contribution in [0.25, 0.3) is 0 Å². The number of hydrogen-bond acceptors (Lipinski definition) is 2. The zero-order valence-corrected chi connectivity index (χ0v) is 9.74. The van der Waals surface area contributed by atoms with Gasteiger partial charge >= 0.3 is 0 Å². The molecule has 0 aliphatic carbocycles. The Morgan fingerprint density at radius 1 is 1.33 bits per heavy atom. The highest BCUT2D eigenvalue weighted by molar-refractivity contribution is 7.80. The largest absolute Gasteiger partial charge is 0.396 e. The lowest BCUT2D eigenvalue weighted by Gasteiger charge is -2.09. The maximum Gasteiger partial charge on any atom is 0.170 e. The molecular weight excluding hydrogens is 232 g/mol. The third-order valence-corrected chi connectivity index (χ3v) is 2.22. The van der Waals surface area contributed by atoms with Crippen LogP contribution in [0.3, 0.4) is 0 Å². The number of halogens is 1. The molecule has 0 aromatic heterocycles. The molecule has 0 spiro atoms. The predicted molar refractivity (Wildman–Crippen MR) is 67.4 cm³/mol. The second-order valence-electron chi connectivity index (χ2n) is 2.96. The van der Waals surface area contributed by atoms with Crippen molar-refractivity contribution in [1.82, 2.24) is 5.32 Å². The molecule has 82 valence electrons. The van der Waals surface area contributed by atoms with E-state index >= 15 is 0 Å². The van der Waals surface area contributed by atoms with Crippen molar-refractivity contribution >= 4 is 34.6 Å². The fraction of sp³-hybridized carbons (Fsp3) is 0.300. The first-order valence-electron chi connectivity index (χ1n) is 4.63. The highest BCUT2D eigenvalue weighted by Crippen LogP contribution is 2.12. The number of rotatable bonds is 4. The smallest absolute Gasteiger partial charge is 0.170 e. The maximum absolute atomic E-state index is 8.58. The molecule has 0 aliphatic rings. The topological polar surface area (TPSA) is 44.3 Å². The molecule has 0 bridgehead atoms. The van der Waals surface area contributed by atoms with Crippen LogP contribution in [0.4, 0.5) is 5.69 Å². The Morgan fingerprint density at radius 3 is 2.60 bits per heavy atom. The molecule has 5 heteroatoms. The zero-order valence-electron chi connectivity index (χ0n) is 8.16. The zero-order chi connectivity index (χ0) is 11.1. The second-order valence-corrected chi connectivity index (χ2v) is 3.81. The van der Waals surface area contributed by atoms with Gasteiger partial charge < -0.3 is 15.7 Å². The van der Waals surface area contributed by atoms with E-state index in [9.17, 15) is 0 Å². The summed E-state index contributed by atoms with van der Waals surface area (Å²) in [6.07, 6.45) is 0.683. The lowest BCUT2D eigenvalue weighted by molar-refractivity contribution is 0.289. The van der Waals surface area contributed by atoms with Gasteiger partial charge in [-0.15, -0.1) is 0 Å². The van der Waals surface area contributed by atoms with Gasteiger partial charge in [-0.25, -0.2) is 0 Å². The molecule has 3 nitrogen and oxygen atoms in total. The van der Waals surface area contributed by atoms with Crippen molar-refractivity contribution in [3.05, 3.63) is 29.3 Å². The summed E-state index contributed by atoms with van der Waals surface area (Å²) < 4.78 is 0. The summed E-state index contributed by atoms with van der Waals surface area (Å²) in [6, 6.07) is 7.28. The SMILES string of the molecule is OCCCNC(=S)Nc1ccc(Cl)cc1. The molecule has 0 radical (unpaired) electrons. The van der Waals surface area contributed by atoms with Crippen molar-refractivity contribution in [2.45, 2.75) is 6.42 Å². The van der Waals surface area contributed by atoms with Crippen LogP contribution in [-0.4, -0.2) is 23.4 Å². The third-order valence-electron chi connectivity index (χ3n) is 1.72. The average molecular weight is 245 g/mol. The van der Waals surface area contributed by atoms with E-state index in [1.807, 2.05) is 12.1 Å². The summed E-state index contributed by atoms with van der Waals surface area (Å²) in [5, 5.41) is 15.8. The minimum atomic E-state index is 0.163. The quantitative estimate of drug-likeness (QED) is 0.560. The third kappa shape index (κ3) is 4.97. The summed E-state index contributed by atoms with van der Waals surface area (Å²) in [7, 11) is 0. The molecule has 3 N–H and O–H groups in total. The van der Waals surface area contributed by atoms with Crippen LogP contribution in [0.1, 0.15) is 6.42 Å². The number of aliphatic hydroxyl groups excluding tert-OH is 1. The van der Waals surface area contributed by atoms with Crippen LogP contribution in [0.15, 0.2) is 24.3 Å². The van der Waals surface area contributed by atoms with Gasteiger partial charge in [0.15, 0.2) is 5.11 Å². The summed E-state index contributed by atoms with van der Waals surface area (Å²) >= 11 is 10.8. The van der Waals surface area contributed by atoms with Crippen molar-refractivity contribution in [3.8, 4) is 0 Å². The van der Waals surface area contributed by atoms with Gasteiger partial charge in [-0.2, -0.15) is 0 Å². The fourth-order valence-corrected chi connectivity index (χ4v) is 1.34. The number of benzene rings is 1. The van der Waals surface area contributed by atoms with Crippen LogP contribution >= 0.6 is 23.8 Å². The Balaban J connectivity index is 2.34. The van der Waals surface area contributed by atoms with Crippen LogP contribution < -0.4 is 10.6 Å². The molecule has 0 saturated heterocycles. The molecule has 0 atom stereocenters. The van der Waals surface area contributed by atoms with Gasteiger partial charge in [0.1, 0.15) is 0 Å². The van der Waals surface area contributed by atoms with E-state index in [4.69, 9.17) is 28.9 Å². The number of nitrogens with one attached hydrogen (secondary N) is 2. The Bertz CT molecular complexity index is 316. The summed E-state index contributed by atoms with van der Waals surface area (Å²) in [5.41, 5.74) is 0.890. The molecular formula is C10H13ClN2OS. The molecule has 1 aromatic carbocycles. The molecule has 0 aliphatic heterocycles. The van der Waals surface area contributed by atoms with Crippen molar-refractivity contribution < 1.29 is 5.11 Å². The lowest BCUT2D eigenvalue weighted by Crippen LogP contribution is -2.29. The molecule has 0 heterocycles. The van der Waals surface area contributed by atoms with E-state index in [0.717, 1.165) is 5.69 Å². The molecule has 0 unspecified atom stereocenters. The highest BCUT2D eigenvalue weighted by atomic mass is 35.5. The Labute approximate surface area is 99.4 Å². The van der Waals surface area contributed by atoms with Crippen molar-refractivity contribution in [1.29, 1.82) is 0 Å². The van der Waals surface area contributed by atoms with Gasteiger partial charge in [-0.3, -0.25) is 0 Å². The Morgan fingerprint density at radius 2 is 2.00 bits per heavy atom. The molecule has 0 saturated carbocycles. The molecule has 15 heavy (non-hydrogen) atoms. The van der Waals surface area contributed by atoms with Crippen molar-refractivity contribution in [3.63, 3.8) is 0 Å². The number of hydrogen-bond donors (Lipinski definition) is 3. The fourth-order valence-electron chi connectivity index (χ4n) is 0.989. The van der Waals surface area contributed by atoms with Crippen molar-refractivity contribution in [2.75, 3.05) is 18.5 Å². The average Bonchev–Trinajstić information content (AvgIpc) is 2.22. The monoisotopic (exact) mass is 244 g/mol. The van der Waals surface area contributed by atoms with Gasteiger partial charge in [-0.05, 0) is 42.9 Å². The van der Waals surface area contributed by atoms with Crippen LogP contribution in [-0.2, 0) is 0 Å². The van der Waals surface area contributed by atoms with E-state index in [0.29, 0.717) is 23.1 Å². The van der Waals surface area contributed by atoms with E-state index in [1.165, 1.54) is 0 Å². The summed E-state index contributed by atoms with van der Waals surface area (Å²) in [6.45, 7) is 0.826.